The van der Waals surface area contributed by atoms with Crippen LogP contribution in [-0.4, -0.2) is 29.9 Å². The van der Waals surface area contributed by atoms with Crippen molar-refractivity contribution in [1.82, 2.24) is 4.90 Å². The second-order valence-electron chi connectivity index (χ2n) is 10.1. The summed E-state index contributed by atoms with van der Waals surface area (Å²) >= 11 is 6.44. The normalized spacial score (nSPS) is 10.9. The first kappa shape index (κ1) is 31.8. The molecule has 0 spiro atoms. The second-order valence-corrected chi connectivity index (χ2v) is 10.5. The number of carbonyl (C=O) groups is 2. The van der Waals surface area contributed by atoms with E-state index < -0.39 is 0 Å². The number of rotatable bonds is 19. The molecule has 1 aromatic heterocycles. The molecule has 2 aromatic rings. The zero-order valence-corrected chi connectivity index (χ0v) is 24.6. The summed E-state index contributed by atoms with van der Waals surface area (Å²) in [5, 5.41) is 0.399. The Labute approximate surface area is 235 Å². The fourth-order valence-corrected chi connectivity index (χ4v) is 4.93. The van der Waals surface area contributed by atoms with Crippen LogP contribution in [0.4, 0.5) is 0 Å². The highest BCUT2D eigenvalue weighted by Crippen LogP contribution is 2.26. The molecule has 0 N–H and O–H groups in total. The average molecular weight is 544 g/mol. The van der Waals surface area contributed by atoms with Gasteiger partial charge in [0, 0.05) is 44.0 Å². The summed E-state index contributed by atoms with van der Waals surface area (Å²) in [4.78, 5) is 26.7. The molecule has 6 heteroatoms. The summed E-state index contributed by atoms with van der Waals surface area (Å²) in [6, 6.07) is 11.2. The summed E-state index contributed by atoms with van der Waals surface area (Å²) in [6.45, 7) is 7.77. The van der Waals surface area contributed by atoms with Crippen LogP contribution < -0.4 is 9.30 Å². The molecule has 38 heavy (non-hydrogen) atoms. The highest BCUT2D eigenvalue weighted by molar-refractivity contribution is 6.32. The fraction of sp³-hybridized carbons (Fsp3) is 0.594. The number of nitrogens with zero attached hydrogens (tertiary/aromatic N) is 2. The number of hydrogen-bond acceptors (Lipinski definition) is 3. The van der Waals surface area contributed by atoms with Gasteiger partial charge in [-0.15, -0.1) is 0 Å². The van der Waals surface area contributed by atoms with Gasteiger partial charge in [0.05, 0.1) is 11.6 Å². The van der Waals surface area contributed by atoms with Gasteiger partial charge in [0.2, 0.25) is 5.91 Å². The largest absolute Gasteiger partial charge is 0.492 e. The summed E-state index contributed by atoms with van der Waals surface area (Å²) in [7, 11) is 0. The number of unbranched alkanes of at least 4 members (excludes halogenated alkanes) is 9. The van der Waals surface area contributed by atoms with E-state index in [1.54, 1.807) is 18.2 Å². The van der Waals surface area contributed by atoms with Crippen molar-refractivity contribution in [2.24, 2.45) is 0 Å². The van der Waals surface area contributed by atoms with Crippen LogP contribution in [0.3, 0.4) is 0 Å². The Morgan fingerprint density at radius 2 is 1.55 bits per heavy atom. The summed E-state index contributed by atoms with van der Waals surface area (Å²) in [5.74, 6) is -0.00452. The molecule has 2 amide bonds. The lowest BCUT2D eigenvalue weighted by atomic mass is 10.1. The minimum atomic E-state index is -0.324. The number of aryl methyl sites for hydroxylation is 2. The maximum Gasteiger partial charge on any atom is 0.260 e. The predicted octanol–water partition coefficient (Wildman–Crippen LogP) is 7.96. The Morgan fingerprint density at radius 3 is 2.18 bits per heavy atom. The Hall–Kier alpha value is -2.40. The molecule has 0 bridgehead atoms. The van der Waals surface area contributed by atoms with E-state index >= 15 is 0 Å². The molecule has 0 fully saturated rings. The number of pyridine rings is 1. The monoisotopic (exact) mass is 543 g/mol. The molecule has 0 radical (unpaired) electrons. The van der Waals surface area contributed by atoms with Gasteiger partial charge in [0.1, 0.15) is 12.3 Å². The van der Waals surface area contributed by atoms with Crippen LogP contribution in [0.15, 0.2) is 42.6 Å². The zero-order chi connectivity index (χ0) is 27.6. The van der Waals surface area contributed by atoms with Crippen molar-refractivity contribution in [3.8, 4) is 5.75 Å². The summed E-state index contributed by atoms with van der Waals surface area (Å²) < 4.78 is 8.10. The fourth-order valence-electron chi connectivity index (χ4n) is 4.70. The number of aromatic nitrogens is 1. The highest BCUT2D eigenvalue weighted by Gasteiger charge is 2.21. The second kappa shape index (κ2) is 18.8. The minimum absolute atomic E-state index is 0.262. The van der Waals surface area contributed by atoms with Crippen molar-refractivity contribution >= 4 is 23.4 Å². The average Bonchev–Trinajstić information content (AvgIpc) is 2.91. The zero-order valence-electron chi connectivity index (χ0n) is 23.9. The minimum Gasteiger partial charge on any atom is -0.492 e. The van der Waals surface area contributed by atoms with Gasteiger partial charge in [-0.2, -0.15) is 0 Å². The molecule has 5 nitrogen and oxygen atoms in total. The smallest absolute Gasteiger partial charge is 0.260 e. The van der Waals surface area contributed by atoms with Crippen LogP contribution in [-0.2, 0) is 17.8 Å². The molecule has 0 unspecified atom stereocenters. The molecule has 1 aromatic carbocycles. The molecule has 1 heterocycles. The molecular formula is C32H48ClN2O3+. The quantitative estimate of drug-likeness (QED) is 0.133. The number of amides is 2. The molecule has 0 atom stereocenters. The lowest BCUT2D eigenvalue weighted by molar-refractivity contribution is -0.704. The van der Waals surface area contributed by atoms with E-state index in [9.17, 15) is 9.59 Å². The number of carbonyl (C=O) groups excluding carboxylic acids is 2. The maximum atomic E-state index is 13.1. The molecule has 0 saturated carbocycles. The number of halogens is 1. The van der Waals surface area contributed by atoms with Gasteiger partial charge in [-0.25, -0.2) is 4.57 Å². The van der Waals surface area contributed by atoms with Gasteiger partial charge in [-0.3, -0.25) is 14.5 Å². The van der Waals surface area contributed by atoms with Crippen molar-refractivity contribution in [2.75, 3.05) is 13.2 Å². The van der Waals surface area contributed by atoms with Gasteiger partial charge in [-0.05, 0) is 31.0 Å². The Morgan fingerprint density at radius 1 is 0.868 bits per heavy atom. The molecule has 0 saturated heterocycles. The maximum absolute atomic E-state index is 13.1. The molecular weight excluding hydrogens is 496 g/mol. The topological polar surface area (TPSA) is 50.5 Å². The van der Waals surface area contributed by atoms with Crippen LogP contribution in [0.2, 0.25) is 5.02 Å². The van der Waals surface area contributed by atoms with Crippen molar-refractivity contribution in [1.29, 1.82) is 0 Å². The third kappa shape index (κ3) is 11.6. The first-order valence-electron chi connectivity index (χ1n) is 14.7. The Balaban J connectivity index is 1.77. The number of hydrogen-bond donors (Lipinski definition) is 0. The van der Waals surface area contributed by atoms with E-state index in [1.165, 1.54) is 68.9 Å². The summed E-state index contributed by atoms with van der Waals surface area (Å²) in [6.07, 6.45) is 17.4. The van der Waals surface area contributed by atoms with Crippen molar-refractivity contribution < 1.29 is 18.9 Å². The third-order valence-corrected chi connectivity index (χ3v) is 7.17. The highest BCUT2D eigenvalue weighted by atomic mass is 35.5. The molecule has 210 valence electrons. The van der Waals surface area contributed by atoms with Crippen LogP contribution in [0.5, 0.6) is 5.75 Å². The lowest BCUT2D eigenvalue weighted by Gasteiger charge is -2.19. The van der Waals surface area contributed by atoms with Crippen LogP contribution >= 0.6 is 11.6 Å². The number of benzene rings is 1. The van der Waals surface area contributed by atoms with Gasteiger partial charge in [-0.1, -0.05) is 89.3 Å². The lowest BCUT2D eigenvalue weighted by Crippen LogP contribution is -2.39. The van der Waals surface area contributed by atoms with Gasteiger partial charge >= 0.3 is 0 Å². The van der Waals surface area contributed by atoms with E-state index in [-0.39, 0.29) is 11.8 Å². The van der Waals surface area contributed by atoms with Crippen LogP contribution in [0.1, 0.15) is 114 Å². The first-order chi connectivity index (χ1) is 18.5. The van der Waals surface area contributed by atoms with Crippen LogP contribution in [0, 0.1) is 0 Å². The van der Waals surface area contributed by atoms with Crippen molar-refractivity contribution in [3.63, 3.8) is 0 Å². The van der Waals surface area contributed by atoms with Crippen LogP contribution in [0.25, 0.3) is 0 Å². The van der Waals surface area contributed by atoms with Crippen molar-refractivity contribution in [2.45, 2.75) is 111 Å². The van der Waals surface area contributed by atoms with Crippen molar-refractivity contribution in [3.05, 3.63) is 58.9 Å². The van der Waals surface area contributed by atoms with E-state index in [0.29, 0.717) is 35.9 Å². The Kier molecular flexibility index (Phi) is 15.7. The Bertz CT molecular complexity index is 979. The number of ether oxygens (including phenoxy) is 1. The van der Waals surface area contributed by atoms with E-state index in [2.05, 4.69) is 30.7 Å². The van der Waals surface area contributed by atoms with Gasteiger partial charge in [0.25, 0.3) is 5.91 Å². The number of imide groups is 1. The SMILES string of the molecule is CCCCCCCCCCCCOc1ccc(C(=O)N(CCCc2cccc[n+]2CCC)C(C)=O)cc1Cl. The molecule has 0 aliphatic rings. The van der Waals surface area contributed by atoms with Gasteiger partial charge < -0.3 is 4.74 Å². The molecule has 0 aliphatic carbocycles. The van der Waals surface area contributed by atoms with E-state index in [0.717, 1.165) is 32.2 Å². The third-order valence-electron chi connectivity index (χ3n) is 6.87. The standard InChI is InChI=1S/C32H48ClN2O3/c1-4-6-7-8-9-10-11-12-13-16-25-38-31-21-20-28(26-30(31)33)32(37)35(27(3)36)24-17-19-29-18-14-15-23-34(29)22-5-2/h14-15,18,20-21,23,26H,4-13,16-17,19,22,24-25H2,1-3H3/q+1. The first-order valence-corrected chi connectivity index (χ1v) is 15.1. The van der Waals surface area contributed by atoms with E-state index in [4.69, 9.17) is 16.3 Å². The van der Waals surface area contributed by atoms with Gasteiger partial charge in [0.15, 0.2) is 11.9 Å². The molecule has 0 aliphatic heterocycles. The molecule has 2 rings (SSSR count). The predicted molar refractivity (Wildman–Crippen MR) is 156 cm³/mol. The van der Waals surface area contributed by atoms with E-state index in [1.807, 2.05) is 12.1 Å². The summed E-state index contributed by atoms with van der Waals surface area (Å²) in [5.41, 5.74) is 1.61.